The van der Waals surface area contributed by atoms with E-state index in [4.69, 9.17) is 10.3 Å². The first-order valence-corrected chi connectivity index (χ1v) is 7.75. The van der Waals surface area contributed by atoms with E-state index in [9.17, 15) is 4.79 Å². The number of nitrogens with two attached hydrogens (primary N) is 1. The van der Waals surface area contributed by atoms with Gasteiger partial charge in [0, 0.05) is 25.2 Å². The fourth-order valence-corrected chi connectivity index (χ4v) is 3.49. The van der Waals surface area contributed by atoms with Crippen molar-refractivity contribution < 1.29 is 9.21 Å². The summed E-state index contributed by atoms with van der Waals surface area (Å²) in [5, 5.41) is 0. The van der Waals surface area contributed by atoms with Crippen LogP contribution >= 0.6 is 0 Å². The molecular weight excluding hydrogens is 268 g/mol. The first kappa shape index (κ1) is 14.6. The lowest BCUT2D eigenvalue weighted by Crippen LogP contribution is -2.58. The molecule has 2 atom stereocenters. The summed E-state index contributed by atoms with van der Waals surface area (Å²) < 4.78 is 5.58. The molecule has 0 bridgehead atoms. The van der Waals surface area contributed by atoms with E-state index in [2.05, 4.69) is 22.1 Å². The summed E-state index contributed by atoms with van der Waals surface area (Å²) in [6.45, 7) is 6.47. The van der Waals surface area contributed by atoms with Crippen molar-refractivity contribution >= 4 is 5.91 Å². The van der Waals surface area contributed by atoms with E-state index in [-0.39, 0.29) is 11.7 Å². The SMILES string of the molecule is CC1CN2CCCCC2CN1Cc1ccc(C(=O)NN)o1. The van der Waals surface area contributed by atoms with E-state index >= 15 is 0 Å². The molecule has 2 aliphatic rings. The molecule has 2 aliphatic heterocycles. The van der Waals surface area contributed by atoms with Gasteiger partial charge in [-0.1, -0.05) is 6.42 Å². The topological polar surface area (TPSA) is 74.7 Å². The van der Waals surface area contributed by atoms with Gasteiger partial charge in [-0.2, -0.15) is 0 Å². The third-order valence-electron chi connectivity index (χ3n) is 4.69. The number of nitrogens with one attached hydrogen (secondary N) is 1. The monoisotopic (exact) mass is 292 g/mol. The summed E-state index contributed by atoms with van der Waals surface area (Å²) in [5.74, 6) is 5.83. The summed E-state index contributed by atoms with van der Waals surface area (Å²) in [5.41, 5.74) is 2.09. The quantitative estimate of drug-likeness (QED) is 0.493. The van der Waals surface area contributed by atoms with Crippen LogP contribution in [0.15, 0.2) is 16.5 Å². The Morgan fingerprint density at radius 2 is 2.29 bits per heavy atom. The molecule has 6 nitrogen and oxygen atoms in total. The van der Waals surface area contributed by atoms with Gasteiger partial charge in [-0.3, -0.25) is 20.0 Å². The van der Waals surface area contributed by atoms with Crippen LogP contribution in [0.25, 0.3) is 0 Å². The highest BCUT2D eigenvalue weighted by Crippen LogP contribution is 2.25. The Morgan fingerprint density at radius 3 is 3.10 bits per heavy atom. The van der Waals surface area contributed by atoms with Gasteiger partial charge in [0.1, 0.15) is 5.76 Å². The molecule has 1 aromatic heterocycles. The maximum atomic E-state index is 11.4. The number of hydrogen-bond donors (Lipinski definition) is 2. The molecule has 0 aliphatic carbocycles. The van der Waals surface area contributed by atoms with E-state index in [1.165, 1.54) is 25.8 Å². The Hall–Kier alpha value is -1.37. The third kappa shape index (κ3) is 3.12. The molecule has 2 fully saturated rings. The summed E-state index contributed by atoms with van der Waals surface area (Å²) in [7, 11) is 0. The van der Waals surface area contributed by atoms with Crippen LogP contribution in [-0.4, -0.2) is 47.4 Å². The number of fused-ring (bicyclic) bond motifs is 1. The molecule has 1 aromatic rings. The lowest BCUT2D eigenvalue weighted by atomic mass is 9.97. The van der Waals surface area contributed by atoms with Gasteiger partial charge >= 0.3 is 5.91 Å². The average Bonchev–Trinajstić information content (AvgIpc) is 2.96. The molecule has 3 rings (SSSR count). The number of furan rings is 1. The lowest BCUT2D eigenvalue weighted by molar-refractivity contribution is 0.00792. The van der Waals surface area contributed by atoms with Crippen molar-refractivity contribution in [3.05, 3.63) is 23.7 Å². The van der Waals surface area contributed by atoms with Crippen LogP contribution in [0.5, 0.6) is 0 Å². The first-order valence-electron chi connectivity index (χ1n) is 7.75. The van der Waals surface area contributed by atoms with Crippen LogP contribution in [0.3, 0.4) is 0 Å². The molecule has 6 heteroatoms. The van der Waals surface area contributed by atoms with Crippen molar-refractivity contribution in [1.82, 2.24) is 15.2 Å². The zero-order valence-electron chi connectivity index (χ0n) is 12.5. The number of rotatable bonds is 3. The number of hydrazine groups is 1. The molecule has 21 heavy (non-hydrogen) atoms. The average molecular weight is 292 g/mol. The normalized spacial score (nSPS) is 27.3. The van der Waals surface area contributed by atoms with Crippen LogP contribution in [-0.2, 0) is 6.54 Å². The molecule has 0 spiro atoms. The van der Waals surface area contributed by atoms with Gasteiger partial charge in [-0.15, -0.1) is 0 Å². The van der Waals surface area contributed by atoms with Gasteiger partial charge in [0.2, 0.25) is 0 Å². The molecular formula is C15H24N4O2. The number of piperidine rings is 1. The Morgan fingerprint density at radius 1 is 1.43 bits per heavy atom. The summed E-state index contributed by atoms with van der Waals surface area (Å²) >= 11 is 0. The minimum absolute atomic E-state index is 0.274. The number of amides is 1. The Labute approximate surface area is 125 Å². The van der Waals surface area contributed by atoms with E-state index in [1.807, 2.05) is 6.07 Å². The molecule has 3 heterocycles. The minimum Gasteiger partial charge on any atom is -0.455 e. The molecule has 3 N–H and O–H groups in total. The summed E-state index contributed by atoms with van der Waals surface area (Å²) in [4.78, 5) is 16.5. The molecule has 2 unspecified atom stereocenters. The van der Waals surface area contributed by atoms with Crippen molar-refractivity contribution in [3.63, 3.8) is 0 Å². The number of carbonyl (C=O) groups excluding carboxylic acids is 1. The third-order valence-corrected chi connectivity index (χ3v) is 4.69. The van der Waals surface area contributed by atoms with Crippen LogP contribution in [0.2, 0.25) is 0 Å². The smallest absolute Gasteiger partial charge is 0.300 e. The minimum atomic E-state index is -0.383. The second kappa shape index (κ2) is 6.17. The van der Waals surface area contributed by atoms with Gasteiger partial charge in [0.15, 0.2) is 5.76 Å². The van der Waals surface area contributed by atoms with Crippen molar-refractivity contribution in [1.29, 1.82) is 0 Å². The highest BCUT2D eigenvalue weighted by molar-refractivity contribution is 5.90. The van der Waals surface area contributed by atoms with E-state index < -0.39 is 0 Å². The molecule has 0 aromatic carbocycles. The van der Waals surface area contributed by atoms with Crippen LogP contribution in [0.4, 0.5) is 0 Å². The zero-order chi connectivity index (χ0) is 14.8. The second-order valence-corrected chi connectivity index (χ2v) is 6.16. The van der Waals surface area contributed by atoms with Gasteiger partial charge in [0.25, 0.3) is 0 Å². The Balaban J connectivity index is 1.64. The van der Waals surface area contributed by atoms with Crippen molar-refractivity contribution in [3.8, 4) is 0 Å². The summed E-state index contributed by atoms with van der Waals surface area (Å²) in [6.07, 6.45) is 3.96. The number of piperazine rings is 1. The summed E-state index contributed by atoms with van der Waals surface area (Å²) in [6, 6.07) is 4.73. The van der Waals surface area contributed by atoms with E-state index in [0.29, 0.717) is 12.1 Å². The van der Waals surface area contributed by atoms with Gasteiger partial charge < -0.3 is 4.42 Å². The van der Waals surface area contributed by atoms with E-state index in [1.54, 1.807) is 6.07 Å². The van der Waals surface area contributed by atoms with Gasteiger partial charge in [-0.05, 0) is 38.4 Å². The maximum Gasteiger partial charge on any atom is 0.300 e. The van der Waals surface area contributed by atoms with E-state index in [0.717, 1.165) is 25.4 Å². The van der Waals surface area contributed by atoms with Crippen molar-refractivity contribution in [2.45, 2.75) is 44.8 Å². The molecule has 1 amide bonds. The molecule has 0 saturated carbocycles. The standard InChI is InChI=1S/C15H24N4O2/c1-11-8-18-7-3-2-4-12(18)9-19(11)10-13-5-6-14(21-13)15(20)17-16/h5-6,11-12H,2-4,7-10,16H2,1H3,(H,17,20). The predicted octanol–water partition coefficient (Wildman–Crippen LogP) is 0.942. The predicted molar refractivity (Wildman–Crippen MR) is 79.4 cm³/mol. The maximum absolute atomic E-state index is 11.4. The largest absolute Gasteiger partial charge is 0.455 e. The fraction of sp³-hybridized carbons (Fsp3) is 0.667. The van der Waals surface area contributed by atoms with Crippen LogP contribution in [0, 0.1) is 0 Å². The highest BCUT2D eigenvalue weighted by atomic mass is 16.4. The molecule has 2 saturated heterocycles. The second-order valence-electron chi connectivity index (χ2n) is 6.16. The number of hydrogen-bond acceptors (Lipinski definition) is 5. The number of nitrogen functional groups attached to an aromatic ring is 1. The van der Waals surface area contributed by atoms with Gasteiger partial charge in [0.05, 0.1) is 6.54 Å². The number of nitrogens with zero attached hydrogens (tertiary/aromatic N) is 2. The van der Waals surface area contributed by atoms with Crippen molar-refractivity contribution in [2.75, 3.05) is 19.6 Å². The van der Waals surface area contributed by atoms with Crippen LogP contribution in [0.1, 0.15) is 42.5 Å². The number of carbonyl (C=O) groups is 1. The van der Waals surface area contributed by atoms with Gasteiger partial charge in [-0.25, -0.2) is 5.84 Å². The first-order chi connectivity index (χ1) is 10.2. The molecule has 116 valence electrons. The lowest BCUT2D eigenvalue weighted by Gasteiger charge is -2.47. The van der Waals surface area contributed by atoms with Crippen LogP contribution < -0.4 is 11.3 Å². The zero-order valence-corrected chi connectivity index (χ0v) is 12.5. The Kier molecular flexibility index (Phi) is 4.28. The Bertz CT molecular complexity index is 502. The van der Waals surface area contributed by atoms with Crippen molar-refractivity contribution in [2.24, 2.45) is 5.84 Å². The highest BCUT2D eigenvalue weighted by Gasteiger charge is 2.33. The molecule has 0 radical (unpaired) electrons. The fourth-order valence-electron chi connectivity index (χ4n) is 3.49.